The van der Waals surface area contributed by atoms with Gasteiger partial charge in [-0.2, -0.15) is 0 Å². The lowest BCUT2D eigenvalue weighted by atomic mass is 10.2. The van der Waals surface area contributed by atoms with Crippen molar-refractivity contribution < 1.29 is 0 Å². The first-order valence-corrected chi connectivity index (χ1v) is 8.40. The molecule has 2 rings (SSSR count). The van der Waals surface area contributed by atoms with Gasteiger partial charge in [0.05, 0.1) is 0 Å². The molecule has 0 fully saturated rings. The number of aryl methyl sites for hydroxylation is 2. The van der Waals surface area contributed by atoms with Crippen LogP contribution in [0.2, 0.25) is 0 Å². The van der Waals surface area contributed by atoms with Gasteiger partial charge in [-0.15, -0.1) is 11.6 Å². The molecule has 0 bridgehead atoms. The van der Waals surface area contributed by atoms with Crippen LogP contribution in [0.15, 0.2) is 48.5 Å². The summed E-state index contributed by atoms with van der Waals surface area (Å²) in [5, 5.41) is 2.87. The smallest absolute Gasteiger partial charge is 0.117 e. The number of benzene rings is 2. The second-order valence-corrected chi connectivity index (χ2v) is 8.21. The van der Waals surface area contributed by atoms with E-state index in [9.17, 15) is 0 Å². The highest BCUT2D eigenvalue weighted by Crippen LogP contribution is 2.03. The Morgan fingerprint density at radius 2 is 1.47 bits per heavy atom. The Morgan fingerprint density at radius 1 is 0.882 bits per heavy atom. The molecule has 0 aromatic heterocycles. The van der Waals surface area contributed by atoms with E-state index in [1.54, 1.807) is 0 Å². The first-order valence-electron chi connectivity index (χ1n) is 5.90. The molecular weight excluding hydrogens is 244 g/mol. The highest BCUT2D eigenvalue weighted by molar-refractivity contribution is 6.89. The predicted octanol–water partition coefficient (Wildman–Crippen LogP) is 2.42. The van der Waals surface area contributed by atoms with Gasteiger partial charge in [0.25, 0.3) is 0 Å². The fourth-order valence-electron chi connectivity index (χ4n) is 2.27. The Bertz CT molecular complexity index is 473. The molecule has 0 amide bonds. The van der Waals surface area contributed by atoms with Crippen molar-refractivity contribution in [1.82, 2.24) is 0 Å². The second-order valence-electron chi connectivity index (χ2n) is 4.54. The molecule has 0 saturated carbocycles. The minimum Gasteiger partial charge on any atom is -0.130 e. The van der Waals surface area contributed by atoms with Gasteiger partial charge in [-0.05, 0) is 13.8 Å². The van der Waals surface area contributed by atoms with Gasteiger partial charge in [-0.3, -0.25) is 0 Å². The van der Waals surface area contributed by atoms with E-state index in [0.717, 1.165) is 5.50 Å². The lowest BCUT2D eigenvalue weighted by Crippen LogP contribution is -2.44. The van der Waals surface area contributed by atoms with Crippen molar-refractivity contribution in [2.75, 3.05) is 5.50 Å². The van der Waals surface area contributed by atoms with Gasteiger partial charge in [0.15, 0.2) is 0 Å². The Hall–Kier alpha value is -1.05. The van der Waals surface area contributed by atoms with Crippen LogP contribution in [-0.4, -0.2) is 14.3 Å². The molecular formula is C15H17ClSi. The molecule has 1 unspecified atom stereocenters. The molecule has 0 aliphatic carbocycles. The van der Waals surface area contributed by atoms with E-state index in [0.29, 0.717) is 0 Å². The summed E-state index contributed by atoms with van der Waals surface area (Å²) < 4.78 is 0. The maximum absolute atomic E-state index is 6.20. The van der Waals surface area contributed by atoms with Gasteiger partial charge in [0, 0.05) is 5.50 Å². The van der Waals surface area contributed by atoms with Crippen molar-refractivity contribution in [3.8, 4) is 0 Å². The lowest BCUT2D eigenvalue weighted by Gasteiger charge is -2.14. The summed E-state index contributed by atoms with van der Waals surface area (Å²) in [5.74, 6) is 0. The minimum absolute atomic E-state index is 0.757. The first-order chi connectivity index (χ1) is 8.20. The number of hydrogen-bond donors (Lipinski definition) is 0. The first kappa shape index (κ1) is 12.4. The Labute approximate surface area is 110 Å². The Balaban J connectivity index is 2.42. The van der Waals surface area contributed by atoms with Crippen LogP contribution in [0.4, 0.5) is 0 Å². The molecule has 0 radical (unpaired) electrons. The number of hydrogen-bond acceptors (Lipinski definition) is 0. The summed E-state index contributed by atoms with van der Waals surface area (Å²) in [7, 11) is -1.22. The summed E-state index contributed by atoms with van der Waals surface area (Å²) in [6.45, 7) is 4.31. The van der Waals surface area contributed by atoms with Gasteiger partial charge in [-0.1, -0.05) is 70.0 Å². The van der Waals surface area contributed by atoms with E-state index in [-0.39, 0.29) is 0 Å². The van der Waals surface area contributed by atoms with Crippen LogP contribution in [0.1, 0.15) is 11.1 Å². The molecule has 0 N–H and O–H groups in total. The maximum atomic E-state index is 6.20. The third-order valence-electron chi connectivity index (χ3n) is 3.00. The summed E-state index contributed by atoms with van der Waals surface area (Å²) in [6, 6.07) is 17.5. The van der Waals surface area contributed by atoms with E-state index in [1.807, 2.05) is 0 Å². The van der Waals surface area contributed by atoms with Crippen molar-refractivity contribution in [3.05, 3.63) is 59.7 Å². The van der Waals surface area contributed by atoms with Crippen molar-refractivity contribution >= 4 is 30.8 Å². The maximum Gasteiger partial charge on any atom is 0.117 e. The van der Waals surface area contributed by atoms with Crippen LogP contribution in [0.3, 0.4) is 0 Å². The molecule has 0 spiro atoms. The molecule has 88 valence electrons. The summed E-state index contributed by atoms with van der Waals surface area (Å²) in [4.78, 5) is 0. The van der Waals surface area contributed by atoms with Crippen molar-refractivity contribution in [1.29, 1.82) is 0 Å². The molecule has 2 aromatic rings. The average molecular weight is 261 g/mol. The third kappa shape index (κ3) is 2.99. The van der Waals surface area contributed by atoms with Gasteiger partial charge in [0.2, 0.25) is 0 Å². The van der Waals surface area contributed by atoms with Crippen molar-refractivity contribution in [3.63, 3.8) is 0 Å². The fourth-order valence-corrected chi connectivity index (χ4v) is 5.69. The molecule has 2 heteroatoms. The lowest BCUT2D eigenvalue weighted by molar-refractivity contribution is 1.40. The summed E-state index contributed by atoms with van der Waals surface area (Å²) >= 11 is 6.20. The van der Waals surface area contributed by atoms with Crippen LogP contribution >= 0.6 is 11.6 Å². The van der Waals surface area contributed by atoms with E-state index in [1.165, 1.54) is 21.5 Å². The molecule has 1 atom stereocenters. The molecule has 0 nitrogen and oxygen atoms in total. The molecule has 0 heterocycles. The predicted molar refractivity (Wildman–Crippen MR) is 79.5 cm³/mol. The van der Waals surface area contributed by atoms with Gasteiger partial charge >= 0.3 is 0 Å². The topological polar surface area (TPSA) is 0 Å². The summed E-state index contributed by atoms with van der Waals surface area (Å²) in [6.07, 6.45) is 0. The van der Waals surface area contributed by atoms with E-state index >= 15 is 0 Å². The fraction of sp³-hybridized carbons (Fsp3) is 0.200. The second kappa shape index (κ2) is 5.52. The third-order valence-corrected chi connectivity index (χ3v) is 6.56. The summed E-state index contributed by atoms with van der Waals surface area (Å²) in [5.41, 5.74) is 3.42. The highest BCUT2D eigenvalue weighted by Gasteiger charge is 2.15. The van der Waals surface area contributed by atoms with E-state index in [4.69, 9.17) is 11.6 Å². The van der Waals surface area contributed by atoms with Gasteiger partial charge in [0.1, 0.15) is 8.80 Å². The molecule has 0 saturated heterocycles. The zero-order chi connectivity index (χ0) is 12.3. The molecule has 0 aliphatic heterocycles. The minimum atomic E-state index is -1.22. The van der Waals surface area contributed by atoms with E-state index < -0.39 is 8.80 Å². The average Bonchev–Trinajstić information content (AvgIpc) is 2.30. The van der Waals surface area contributed by atoms with E-state index in [2.05, 4.69) is 62.4 Å². The number of halogens is 1. The van der Waals surface area contributed by atoms with Gasteiger partial charge < -0.3 is 0 Å². The standard InChI is InChI=1S/C15H17ClSi/c1-12-8-13(2)10-15(9-12)17(11-16)14-6-4-3-5-7-14/h3-10,17H,11H2,1-2H3. The Kier molecular flexibility index (Phi) is 4.03. The van der Waals surface area contributed by atoms with Crippen molar-refractivity contribution in [2.45, 2.75) is 13.8 Å². The van der Waals surface area contributed by atoms with Gasteiger partial charge in [-0.25, -0.2) is 0 Å². The highest BCUT2D eigenvalue weighted by atomic mass is 35.5. The zero-order valence-electron chi connectivity index (χ0n) is 10.3. The van der Waals surface area contributed by atoms with Crippen LogP contribution < -0.4 is 10.4 Å². The van der Waals surface area contributed by atoms with Crippen LogP contribution in [0.5, 0.6) is 0 Å². The van der Waals surface area contributed by atoms with Crippen LogP contribution in [0, 0.1) is 13.8 Å². The SMILES string of the molecule is Cc1cc(C)cc([SiH](CCl)c2ccccc2)c1. The number of alkyl halides is 1. The molecule has 17 heavy (non-hydrogen) atoms. The van der Waals surface area contributed by atoms with Crippen molar-refractivity contribution in [2.24, 2.45) is 0 Å². The number of rotatable bonds is 3. The van der Waals surface area contributed by atoms with Crippen LogP contribution in [0.25, 0.3) is 0 Å². The quantitative estimate of drug-likeness (QED) is 0.587. The Morgan fingerprint density at radius 3 is 2.00 bits per heavy atom. The molecule has 2 aromatic carbocycles. The zero-order valence-corrected chi connectivity index (χ0v) is 12.2. The normalized spacial score (nSPS) is 12.4. The molecule has 0 aliphatic rings. The monoisotopic (exact) mass is 260 g/mol. The van der Waals surface area contributed by atoms with Crippen LogP contribution in [-0.2, 0) is 0 Å². The largest absolute Gasteiger partial charge is 0.130 e.